The predicted octanol–water partition coefficient (Wildman–Crippen LogP) is 3.08. The largest absolute Gasteiger partial charge is 0.316 e. The first-order valence-electron chi connectivity index (χ1n) is 4.30. The fourth-order valence-corrected chi connectivity index (χ4v) is 2.20. The van der Waals surface area contributed by atoms with Gasteiger partial charge in [-0.25, -0.2) is 9.97 Å². The fourth-order valence-electron chi connectivity index (χ4n) is 1.35. The zero-order valence-electron chi connectivity index (χ0n) is 8.18. The lowest BCUT2D eigenvalue weighted by atomic mass is 10.2. The molecule has 2 rings (SSSR count). The second-order valence-corrected chi connectivity index (χ2v) is 4.16. The molecule has 5 nitrogen and oxygen atoms in total. The van der Waals surface area contributed by atoms with Gasteiger partial charge in [-0.05, 0) is 30.0 Å². The predicted molar refractivity (Wildman–Crippen MR) is 61.7 cm³/mol. The molecule has 0 N–H and O–H groups in total. The summed E-state index contributed by atoms with van der Waals surface area (Å²) in [5.74, 6) is 0. The monoisotopic (exact) mass is 255 g/mol. The molecular weight excluding hydrogens is 250 g/mol. The summed E-state index contributed by atoms with van der Waals surface area (Å²) >= 11 is 7.14. The van der Waals surface area contributed by atoms with Crippen LogP contribution >= 0.6 is 22.9 Å². The summed E-state index contributed by atoms with van der Waals surface area (Å²) in [4.78, 5) is 18.1. The van der Waals surface area contributed by atoms with E-state index in [0.29, 0.717) is 5.56 Å². The summed E-state index contributed by atoms with van der Waals surface area (Å²) in [6.45, 7) is 1.54. The minimum absolute atomic E-state index is 0.0179. The first-order chi connectivity index (χ1) is 7.59. The molecule has 2 aromatic heterocycles. The molecule has 16 heavy (non-hydrogen) atoms. The van der Waals surface area contributed by atoms with Crippen LogP contribution in [0.25, 0.3) is 11.3 Å². The maximum atomic E-state index is 10.9. The van der Waals surface area contributed by atoms with Gasteiger partial charge in [0.05, 0.1) is 4.92 Å². The van der Waals surface area contributed by atoms with Crippen LogP contribution in [0.2, 0.25) is 5.28 Å². The Morgan fingerprint density at radius 1 is 1.50 bits per heavy atom. The highest BCUT2D eigenvalue weighted by molar-refractivity contribution is 7.08. The Morgan fingerprint density at radius 3 is 2.81 bits per heavy atom. The molecule has 0 amide bonds. The first kappa shape index (κ1) is 11.0. The molecule has 0 aliphatic rings. The van der Waals surface area contributed by atoms with E-state index in [9.17, 15) is 10.1 Å². The molecule has 82 valence electrons. The van der Waals surface area contributed by atoms with E-state index in [1.807, 2.05) is 5.38 Å². The third-order valence-electron chi connectivity index (χ3n) is 2.01. The molecule has 0 saturated heterocycles. The Balaban J connectivity index is 2.72. The van der Waals surface area contributed by atoms with Gasteiger partial charge in [0, 0.05) is 10.9 Å². The summed E-state index contributed by atoms with van der Waals surface area (Å²) in [7, 11) is 0. The number of aryl methyl sites for hydroxylation is 1. The molecule has 0 saturated carbocycles. The minimum atomic E-state index is -0.487. The normalized spacial score (nSPS) is 10.4. The lowest BCUT2D eigenvalue weighted by Crippen LogP contribution is -2.00. The third kappa shape index (κ3) is 1.89. The fraction of sp³-hybridized carbons (Fsp3) is 0.111. The molecule has 0 unspecified atom stereocenters. The smallest absolute Gasteiger partial charge is 0.258 e. The number of rotatable bonds is 2. The van der Waals surface area contributed by atoms with Gasteiger partial charge >= 0.3 is 5.69 Å². The Morgan fingerprint density at radius 2 is 2.25 bits per heavy atom. The van der Waals surface area contributed by atoms with E-state index in [1.165, 1.54) is 11.3 Å². The van der Waals surface area contributed by atoms with Crippen molar-refractivity contribution in [3.05, 3.63) is 37.9 Å². The van der Waals surface area contributed by atoms with E-state index in [4.69, 9.17) is 11.6 Å². The zero-order valence-corrected chi connectivity index (χ0v) is 9.75. The van der Waals surface area contributed by atoms with Crippen LogP contribution in [0.5, 0.6) is 0 Å². The number of halogens is 1. The second kappa shape index (κ2) is 4.15. The van der Waals surface area contributed by atoms with E-state index >= 15 is 0 Å². The number of aromatic nitrogens is 2. The maximum Gasteiger partial charge on any atom is 0.316 e. The summed E-state index contributed by atoms with van der Waals surface area (Å²) in [6.07, 6.45) is 0. The molecule has 0 radical (unpaired) electrons. The zero-order chi connectivity index (χ0) is 11.7. The number of nitrogens with zero attached hydrogens (tertiary/aromatic N) is 3. The highest BCUT2D eigenvalue weighted by atomic mass is 35.5. The molecular formula is C9H6ClN3O2S. The van der Waals surface area contributed by atoms with E-state index in [2.05, 4.69) is 9.97 Å². The van der Waals surface area contributed by atoms with Crippen molar-refractivity contribution in [2.75, 3.05) is 0 Å². The van der Waals surface area contributed by atoms with Crippen LogP contribution in [0, 0.1) is 17.0 Å². The van der Waals surface area contributed by atoms with Crippen LogP contribution in [0.3, 0.4) is 0 Å². The Hall–Kier alpha value is -1.53. The average Bonchev–Trinajstić information content (AvgIpc) is 2.67. The number of hydrogen-bond donors (Lipinski definition) is 0. The molecule has 0 atom stereocenters. The van der Waals surface area contributed by atoms with Crippen molar-refractivity contribution in [3.63, 3.8) is 0 Å². The molecule has 0 aliphatic carbocycles. The summed E-state index contributed by atoms with van der Waals surface area (Å²) in [5, 5.41) is 14.6. The second-order valence-electron chi connectivity index (χ2n) is 3.04. The number of hydrogen-bond acceptors (Lipinski definition) is 5. The van der Waals surface area contributed by atoms with Crippen molar-refractivity contribution < 1.29 is 4.92 Å². The van der Waals surface area contributed by atoms with E-state index in [-0.39, 0.29) is 22.4 Å². The van der Waals surface area contributed by atoms with Crippen molar-refractivity contribution in [1.29, 1.82) is 0 Å². The SMILES string of the molecule is Cc1nc(Cl)nc(-c2ccsc2)c1[N+](=O)[O-]. The van der Waals surface area contributed by atoms with Crippen LogP contribution in [-0.2, 0) is 0 Å². The minimum Gasteiger partial charge on any atom is -0.258 e. The number of nitro groups is 1. The average molecular weight is 256 g/mol. The van der Waals surface area contributed by atoms with Crippen molar-refractivity contribution in [2.45, 2.75) is 6.92 Å². The molecule has 0 fully saturated rings. The van der Waals surface area contributed by atoms with Gasteiger partial charge in [-0.15, -0.1) is 0 Å². The van der Waals surface area contributed by atoms with Crippen LogP contribution in [0.15, 0.2) is 16.8 Å². The molecule has 2 heterocycles. The van der Waals surface area contributed by atoms with Gasteiger partial charge in [-0.1, -0.05) is 0 Å². The van der Waals surface area contributed by atoms with Gasteiger partial charge < -0.3 is 0 Å². The van der Waals surface area contributed by atoms with E-state index in [1.54, 1.807) is 18.4 Å². The van der Waals surface area contributed by atoms with Gasteiger partial charge in [0.25, 0.3) is 0 Å². The molecule has 0 aliphatic heterocycles. The molecule has 0 aromatic carbocycles. The van der Waals surface area contributed by atoms with Crippen molar-refractivity contribution in [1.82, 2.24) is 9.97 Å². The van der Waals surface area contributed by atoms with E-state index in [0.717, 1.165) is 0 Å². The first-order valence-corrected chi connectivity index (χ1v) is 5.63. The van der Waals surface area contributed by atoms with Crippen LogP contribution in [0.4, 0.5) is 5.69 Å². The Labute approximate surface area is 99.9 Å². The summed E-state index contributed by atoms with van der Waals surface area (Å²) in [6, 6.07) is 1.76. The third-order valence-corrected chi connectivity index (χ3v) is 2.86. The molecule has 7 heteroatoms. The molecule has 0 spiro atoms. The van der Waals surface area contributed by atoms with Crippen LogP contribution in [-0.4, -0.2) is 14.9 Å². The van der Waals surface area contributed by atoms with Gasteiger partial charge in [-0.3, -0.25) is 10.1 Å². The summed E-state index contributed by atoms with van der Waals surface area (Å²) in [5.41, 5.74) is 1.13. The highest BCUT2D eigenvalue weighted by Crippen LogP contribution is 2.32. The molecule has 0 bridgehead atoms. The van der Waals surface area contributed by atoms with Gasteiger partial charge in [0.15, 0.2) is 5.69 Å². The highest BCUT2D eigenvalue weighted by Gasteiger charge is 2.22. The Bertz CT molecular complexity index is 542. The quantitative estimate of drug-likeness (QED) is 0.470. The van der Waals surface area contributed by atoms with Gasteiger partial charge in [0.2, 0.25) is 5.28 Å². The maximum absolute atomic E-state index is 10.9. The Kier molecular flexibility index (Phi) is 2.84. The number of thiophene rings is 1. The standard InChI is InChI=1S/C9H6ClN3O2S/c1-5-8(13(14)15)7(12-9(10)11-5)6-2-3-16-4-6/h2-4H,1H3. The lowest BCUT2D eigenvalue weighted by molar-refractivity contribution is -0.385. The van der Waals surface area contributed by atoms with Gasteiger partial charge in [-0.2, -0.15) is 11.3 Å². The summed E-state index contributed by atoms with van der Waals surface area (Å²) < 4.78 is 0. The topological polar surface area (TPSA) is 68.9 Å². The van der Waals surface area contributed by atoms with E-state index < -0.39 is 4.92 Å². The van der Waals surface area contributed by atoms with Crippen molar-refractivity contribution in [3.8, 4) is 11.3 Å². The lowest BCUT2D eigenvalue weighted by Gasteiger charge is -2.02. The van der Waals surface area contributed by atoms with Crippen LogP contribution < -0.4 is 0 Å². The van der Waals surface area contributed by atoms with Gasteiger partial charge in [0.1, 0.15) is 5.69 Å². The molecule has 2 aromatic rings. The van der Waals surface area contributed by atoms with Crippen molar-refractivity contribution in [2.24, 2.45) is 0 Å². The van der Waals surface area contributed by atoms with Crippen LogP contribution in [0.1, 0.15) is 5.69 Å². The van der Waals surface area contributed by atoms with Crippen molar-refractivity contribution >= 4 is 28.6 Å².